The summed E-state index contributed by atoms with van der Waals surface area (Å²) in [5.41, 5.74) is 0. The molecule has 1 unspecified atom stereocenters. The number of carbonyl (C=O) groups excluding carboxylic acids is 2. The number of unbranched alkanes of at least 4 members (excludes halogenated alkanes) is 24. The third-order valence-electron chi connectivity index (χ3n) is 10.1. The van der Waals surface area contributed by atoms with E-state index in [-0.39, 0.29) is 18.2 Å². The number of allylic oxidation sites excluding steroid dienone is 1. The van der Waals surface area contributed by atoms with Gasteiger partial charge in [0.1, 0.15) is 12.2 Å². The molecule has 7 heteroatoms. The maximum Gasteiger partial charge on any atom is 0.508 e. The summed E-state index contributed by atoms with van der Waals surface area (Å²) >= 11 is 0. The summed E-state index contributed by atoms with van der Waals surface area (Å²) in [6, 6.07) is 0. The van der Waals surface area contributed by atoms with Crippen LogP contribution < -0.4 is 0 Å². The largest absolute Gasteiger partial charge is 0.508 e. The molecule has 0 aliphatic heterocycles. The van der Waals surface area contributed by atoms with Crippen molar-refractivity contribution < 1.29 is 28.5 Å². The fourth-order valence-electron chi connectivity index (χ4n) is 6.82. The number of hydrogen-bond donors (Lipinski definition) is 0. The Labute approximate surface area is 329 Å². The van der Waals surface area contributed by atoms with Crippen LogP contribution >= 0.6 is 0 Å². The Morgan fingerprint density at radius 1 is 0.528 bits per heavy atom. The topological polar surface area (TPSA) is 74.3 Å². The molecule has 53 heavy (non-hydrogen) atoms. The molecule has 0 saturated carbocycles. The van der Waals surface area contributed by atoms with Gasteiger partial charge < -0.3 is 23.8 Å². The highest BCUT2D eigenvalue weighted by Crippen LogP contribution is 2.16. The zero-order valence-corrected chi connectivity index (χ0v) is 36.0. The monoisotopic (exact) mass is 752 g/mol. The van der Waals surface area contributed by atoms with Gasteiger partial charge in [-0.1, -0.05) is 167 Å². The summed E-state index contributed by atoms with van der Waals surface area (Å²) in [6.07, 6.45) is 41.7. The quantitative estimate of drug-likeness (QED) is 0.0350. The summed E-state index contributed by atoms with van der Waals surface area (Å²) < 4.78 is 22.6. The molecular weight excluding hydrogens is 663 g/mol. The Balaban J connectivity index is 4.10. The number of carbonyl (C=O) groups is 2. The van der Waals surface area contributed by atoms with Gasteiger partial charge in [-0.15, -0.1) is 0 Å². The van der Waals surface area contributed by atoms with E-state index < -0.39 is 6.16 Å². The fraction of sp³-hybridized carbons (Fsp3) is 0.913. The molecule has 0 aromatic heterocycles. The van der Waals surface area contributed by atoms with Gasteiger partial charge in [-0.2, -0.15) is 0 Å². The summed E-state index contributed by atoms with van der Waals surface area (Å²) in [4.78, 5) is 25.9. The van der Waals surface area contributed by atoms with Gasteiger partial charge >= 0.3 is 12.1 Å². The van der Waals surface area contributed by atoms with E-state index in [0.29, 0.717) is 13.2 Å². The van der Waals surface area contributed by atoms with E-state index in [9.17, 15) is 9.59 Å². The molecule has 0 rings (SSSR count). The lowest BCUT2D eigenvalue weighted by Crippen LogP contribution is -2.25. The SMILES string of the molecule is CCCCCCCCCCCCCCCCCCOCC(CCCCCCCCC=CC[C@@H](CCCCCC)OC(C)=O)OC(=O)OCCCN(C)C. The Morgan fingerprint density at radius 3 is 1.53 bits per heavy atom. The van der Waals surface area contributed by atoms with E-state index in [0.717, 1.165) is 70.9 Å². The van der Waals surface area contributed by atoms with Crippen LogP contribution in [0.1, 0.15) is 220 Å². The molecule has 2 atom stereocenters. The van der Waals surface area contributed by atoms with Crippen LogP contribution in [0.5, 0.6) is 0 Å². The third kappa shape index (κ3) is 41.4. The van der Waals surface area contributed by atoms with Crippen LogP contribution in [0.2, 0.25) is 0 Å². The summed E-state index contributed by atoms with van der Waals surface area (Å²) in [6.45, 7) is 8.45. The van der Waals surface area contributed by atoms with Crippen molar-refractivity contribution in [3.63, 3.8) is 0 Å². The predicted molar refractivity (Wildman–Crippen MR) is 225 cm³/mol. The second-order valence-corrected chi connectivity index (χ2v) is 15.9. The third-order valence-corrected chi connectivity index (χ3v) is 10.1. The molecule has 0 aromatic carbocycles. The van der Waals surface area contributed by atoms with Crippen LogP contribution in [0.15, 0.2) is 12.2 Å². The van der Waals surface area contributed by atoms with Gasteiger partial charge in [-0.25, -0.2) is 4.79 Å². The van der Waals surface area contributed by atoms with Crippen LogP contribution in [-0.4, -0.2) is 69.7 Å². The molecule has 7 nitrogen and oxygen atoms in total. The second kappa shape index (κ2) is 41.6. The van der Waals surface area contributed by atoms with Crippen molar-refractivity contribution in [1.82, 2.24) is 4.90 Å². The van der Waals surface area contributed by atoms with Gasteiger partial charge in [0.15, 0.2) is 0 Å². The van der Waals surface area contributed by atoms with E-state index in [2.05, 4.69) is 30.9 Å². The van der Waals surface area contributed by atoms with Crippen molar-refractivity contribution in [3.05, 3.63) is 12.2 Å². The minimum Gasteiger partial charge on any atom is -0.462 e. The average molecular weight is 752 g/mol. The Morgan fingerprint density at radius 2 is 1.00 bits per heavy atom. The molecule has 0 heterocycles. The predicted octanol–water partition coefficient (Wildman–Crippen LogP) is 13.7. The van der Waals surface area contributed by atoms with Crippen molar-refractivity contribution in [3.8, 4) is 0 Å². The molecule has 314 valence electrons. The summed E-state index contributed by atoms with van der Waals surface area (Å²) in [5, 5.41) is 0. The zero-order chi connectivity index (χ0) is 38.9. The van der Waals surface area contributed by atoms with Gasteiger partial charge in [-0.3, -0.25) is 4.79 Å². The molecule has 0 spiro atoms. The van der Waals surface area contributed by atoms with Crippen molar-refractivity contribution in [2.24, 2.45) is 0 Å². The van der Waals surface area contributed by atoms with Gasteiger partial charge in [-0.05, 0) is 65.5 Å². The lowest BCUT2D eigenvalue weighted by atomic mass is 10.0. The van der Waals surface area contributed by atoms with Crippen molar-refractivity contribution in [2.75, 3.05) is 40.5 Å². The second-order valence-electron chi connectivity index (χ2n) is 15.9. The standard InChI is InChI=1S/C46H89NO6/c1-6-8-10-12-13-14-15-16-17-18-19-20-24-27-30-34-40-50-42-45(53-46(49)51-41-35-39-47(4)5)38-33-29-26-23-21-22-25-28-32-37-44(52-43(3)48)36-31-11-9-7-2/h28,32,44-45H,6-27,29-31,33-42H2,1-5H3/t44-,45?/m1/s1. The van der Waals surface area contributed by atoms with Crippen molar-refractivity contribution in [2.45, 2.75) is 232 Å². The van der Waals surface area contributed by atoms with E-state index >= 15 is 0 Å². The van der Waals surface area contributed by atoms with Crippen LogP contribution in [0.3, 0.4) is 0 Å². The first kappa shape index (κ1) is 51.4. The molecule has 0 aliphatic rings. The molecule has 0 fully saturated rings. The molecule has 0 aliphatic carbocycles. The van der Waals surface area contributed by atoms with E-state index in [4.69, 9.17) is 18.9 Å². The molecule has 0 radical (unpaired) electrons. The van der Waals surface area contributed by atoms with Crippen LogP contribution in [0.25, 0.3) is 0 Å². The van der Waals surface area contributed by atoms with Gasteiger partial charge in [0.05, 0.1) is 13.2 Å². The summed E-state index contributed by atoms with van der Waals surface area (Å²) in [7, 11) is 4.03. The molecule has 0 amide bonds. The first-order chi connectivity index (χ1) is 25.9. The van der Waals surface area contributed by atoms with Crippen molar-refractivity contribution >= 4 is 12.1 Å². The zero-order valence-electron chi connectivity index (χ0n) is 36.0. The first-order valence-electron chi connectivity index (χ1n) is 22.8. The highest BCUT2D eigenvalue weighted by molar-refractivity contribution is 5.66. The first-order valence-corrected chi connectivity index (χ1v) is 22.8. The molecule has 0 aromatic rings. The van der Waals surface area contributed by atoms with Gasteiger partial charge in [0.25, 0.3) is 0 Å². The van der Waals surface area contributed by atoms with Gasteiger partial charge in [0, 0.05) is 26.5 Å². The van der Waals surface area contributed by atoms with E-state index in [1.54, 1.807) is 0 Å². The Bertz CT molecular complexity index is 803. The minimum absolute atomic E-state index is 0.0162. The average Bonchev–Trinajstić information content (AvgIpc) is 3.13. The highest BCUT2D eigenvalue weighted by atomic mass is 16.7. The lowest BCUT2D eigenvalue weighted by Gasteiger charge is -2.18. The minimum atomic E-state index is -0.566. The van der Waals surface area contributed by atoms with Gasteiger partial charge in [0.2, 0.25) is 0 Å². The summed E-state index contributed by atoms with van der Waals surface area (Å²) in [5.74, 6) is -0.176. The number of rotatable bonds is 41. The number of hydrogen-bond acceptors (Lipinski definition) is 7. The van der Waals surface area contributed by atoms with Crippen molar-refractivity contribution in [1.29, 1.82) is 0 Å². The molecule has 0 bridgehead atoms. The Hall–Kier alpha value is -1.60. The van der Waals surface area contributed by atoms with Crippen LogP contribution in [0, 0.1) is 0 Å². The van der Waals surface area contributed by atoms with Crippen LogP contribution in [0.4, 0.5) is 4.79 Å². The van der Waals surface area contributed by atoms with E-state index in [1.807, 2.05) is 14.1 Å². The molecular formula is C46H89NO6. The number of esters is 1. The maximum absolute atomic E-state index is 12.4. The lowest BCUT2D eigenvalue weighted by molar-refractivity contribution is -0.146. The van der Waals surface area contributed by atoms with E-state index in [1.165, 1.54) is 148 Å². The number of nitrogens with zero attached hydrogens (tertiary/aromatic N) is 1. The maximum atomic E-state index is 12.4. The Kier molecular flexibility index (Phi) is 40.3. The highest BCUT2D eigenvalue weighted by Gasteiger charge is 2.16. The normalized spacial score (nSPS) is 12.8. The van der Waals surface area contributed by atoms with Crippen LogP contribution in [-0.2, 0) is 23.7 Å². The molecule has 0 saturated heterocycles. The fourth-order valence-corrected chi connectivity index (χ4v) is 6.82. The smallest absolute Gasteiger partial charge is 0.462 e. The molecule has 0 N–H and O–H groups in total. The number of ether oxygens (including phenoxy) is 4.